The smallest absolute Gasteiger partial charge is 0.129 e. The van der Waals surface area contributed by atoms with Gasteiger partial charge in [-0.05, 0) is 25.1 Å². The van der Waals surface area contributed by atoms with Crippen LogP contribution in [0.4, 0.5) is 0 Å². The molecule has 24 heavy (non-hydrogen) atoms. The number of imidazole rings is 2. The lowest BCUT2D eigenvalue weighted by Crippen LogP contribution is -2.06. The molecule has 1 aromatic carbocycles. The minimum absolute atomic E-state index is 0.654. The number of benzene rings is 1. The van der Waals surface area contributed by atoms with Gasteiger partial charge in [-0.1, -0.05) is 0 Å². The monoisotopic (exact) mass is 336 g/mol. The third kappa shape index (κ3) is 3.34. The number of thiazole rings is 1. The maximum Gasteiger partial charge on any atom is 0.129 e. The summed E-state index contributed by atoms with van der Waals surface area (Å²) in [6.45, 7) is 2.65. The summed E-state index contributed by atoms with van der Waals surface area (Å²) in [5.41, 5.74) is 4.34. The zero-order valence-corrected chi connectivity index (χ0v) is 14.2. The molecule has 0 aliphatic carbocycles. The van der Waals surface area contributed by atoms with Crippen LogP contribution in [0.25, 0.3) is 11.0 Å². The lowest BCUT2D eigenvalue weighted by Gasteiger charge is -2.05. The molecule has 0 radical (unpaired) electrons. The minimum atomic E-state index is 0.654. The molecular weight excluding hydrogens is 320 g/mol. The minimum Gasteiger partial charge on any atom is -0.330 e. The first-order valence-corrected chi connectivity index (χ1v) is 8.28. The van der Waals surface area contributed by atoms with Gasteiger partial charge in [-0.15, -0.1) is 11.3 Å². The summed E-state index contributed by atoms with van der Waals surface area (Å²) in [4.78, 5) is 12.6. The molecule has 0 fully saturated rings. The number of hydrogen-bond acceptors (Lipinski definition) is 5. The molecule has 120 valence electrons. The average Bonchev–Trinajstić information content (AvgIpc) is 3.34. The van der Waals surface area contributed by atoms with Crippen molar-refractivity contribution in [1.29, 1.82) is 5.26 Å². The van der Waals surface area contributed by atoms with E-state index < -0.39 is 0 Å². The molecule has 0 bridgehead atoms. The second kappa shape index (κ2) is 7.06. The highest BCUT2D eigenvalue weighted by atomic mass is 32.1. The van der Waals surface area contributed by atoms with Crippen molar-refractivity contribution in [2.24, 2.45) is 7.05 Å². The molecule has 3 aromatic heterocycles. The van der Waals surface area contributed by atoms with Crippen LogP contribution in [0.5, 0.6) is 0 Å². The zero-order chi connectivity index (χ0) is 16.9. The fourth-order valence-electron chi connectivity index (χ4n) is 2.35. The van der Waals surface area contributed by atoms with E-state index in [1.807, 2.05) is 46.8 Å². The van der Waals surface area contributed by atoms with Crippen molar-refractivity contribution in [2.45, 2.75) is 13.5 Å². The van der Waals surface area contributed by atoms with Crippen LogP contribution in [0.2, 0.25) is 0 Å². The Bertz CT molecular complexity index is 957. The Morgan fingerprint density at radius 3 is 2.75 bits per heavy atom. The van der Waals surface area contributed by atoms with Crippen molar-refractivity contribution >= 4 is 22.4 Å². The molecule has 0 N–H and O–H groups in total. The molecule has 4 aromatic rings. The van der Waals surface area contributed by atoms with E-state index in [0.29, 0.717) is 12.1 Å². The SMILES string of the molecule is Cc1nccn1Cc1nc2ccc(C#N)cc2n1C.c1cscn1. The molecule has 0 aliphatic heterocycles. The Balaban J connectivity index is 0.000000290. The Kier molecular flexibility index (Phi) is 4.68. The lowest BCUT2D eigenvalue weighted by molar-refractivity contribution is 0.688. The van der Waals surface area contributed by atoms with E-state index in [1.165, 1.54) is 0 Å². The predicted octanol–water partition coefficient (Wildman–Crippen LogP) is 3.14. The normalized spacial score (nSPS) is 10.2. The first kappa shape index (κ1) is 15.9. The van der Waals surface area contributed by atoms with Crippen molar-refractivity contribution in [3.63, 3.8) is 0 Å². The highest BCUT2D eigenvalue weighted by molar-refractivity contribution is 7.07. The average molecular weight is 336 g/mol. The first-order valence-electron chi connectivity index (χ1n) is 7.34. The third-order valence-corrected chi connectivity index (χ3v) is 4.21. The number of aromatic nitrogens is 5. The Hall–Kier alpha value is -2.98. The second-order valence-electron chi connectivity index (χ2n) is 5.18. The summed E-state index contributed by atoms with van der Waals surface area (Å²) in [5, 5.41) is 10.9. The predicted molar refractivity (Wildman–Crippen MR) is 93.6 cm³/mol. The highest BCUT2D eigenvalue weighted by Gasteiger charge is 2.09. The third-order valence-electron chi connectivity index (χ3n) is 3.69. The molecule has 4 rings (SSSR count). The topological polar surface area (TPSA) is 72.3 Å². The van der Waals surface area contributed by atoms with Crippen molar-refractivity contribution in [3.8, 4) is 6.07 Å². The van der Waals surface area contributed by atoms with Crippen molar-refractivity contribution < 1.29 is 0 Å². The second-order valence-corrected chi connectivity index (χ2v) is 5.94. The number of nitriles is 1. The van der Waals surface area contributed by atoms with Crippen LogP contribution in [0.1, 0.15) is 17.2 Å². The van der Waals surface area contributed by atoms with Gasteiger partial charge in [-0.3, -0.25) is 4.98 Å². The summed E-state index contributed by atoms with van der Waals surface area (Å²) >= 11 is 1.60. The van der Waals surface area contributed by atoms with Gasteiger partial charge in [-0.2, -0.15) is 5.26 Å². The van der Waals surface area contributed by atoms with Crippen LogP contribution in [-0.2, 0) is 13.6 Å². The fraction of sp³-hybridized carbons (Fsp3) is 0.176. The van der Waals surface area contributed by atoms with Gasteiger partial charge in [0, 0.05) is 31.0 Å². The maximum atomic E-state index is 8.95. The van der Waals surface area contributed by atoms with E-state index in [1.54, 1.807) is 35.3 Å². The van der Waals surface area contributed by atoms with Crippen LogP contribution >= 0.6 is 11.3 Å². The summed E-state index contributed by atoms with van der Waals surface area (Å²) in [6.07, 6.45) is 5.49. The highest BCUT2D eigenvalue weighted by Crippen LogP contribution is 2.17. The van der Waals surface area contributed by atoms with Crippen LogP contribution in [0, 0.1) is 18.3 Å². The standard InChI is InChI=1S/C14H13N5.C3H3NS/c1-10-16-5-6-19(10)9-14-17-12-4-3-11(8-15)7-13(12)18(14)2;1-2-5-3-4-1/h3-7H,9H2,1-2H3;1-3H. The molecule has 7 heteroatoms. The largest absolute Gasteiger partial charge is 0.330 e. The van der Waals surface area contributed by atoms with E-state index in [2.05, 4.69) is 21.0 Å². The van der Waals surface area contributed by atoms with E-state index in [-0.39, 0.29) is 0 Å². The van der Waals surface area contributed by atoms with Gasteiger partial charge >= 0.3 is 0 Å². The molecular formula is C17H16N6S. The van der Waals surface area contributed by atoms with E-state index >= 15 is 0 Å². The fourth-order valence-corrected chi connectivity index (χ4v) is 2.70. The van der Waals surface area contributed by atoms with Crippen LogP contribution in [-0.4, -0.2) is 24.1 Å². The van der Waals surface area contributed by atoms with Gasteiger partial charge in [0.1, 0.15) is 11.6 Å². The van der Waals surface area contributed by atoms with Gasteiger partial charge in [0.05, 0.1) is 34.7 Å². The van der Waals surface area contributed by atoms with E-state index in [9.17, 15) is 0 Å². The summed E-state index contributed by atoms with van der Waals surface area (Å²) in [5.74, 6) is 1.91. The Morgan fingerprint density at radius 2 is 2.17 bits per heavy atom. The molecule has 0 unspecified atom stereocenters. The van der Waals surface area contributed by atoms with Gasteiger partial charge in [0.15, 0.2) is 0 Å². The van der Waals surface area contributed by atoms with Crippen LogP contribution in [0.3, 0.4) is 0 Å². The first-order chi connectivity index (χ1) is 11.7. The number of aryl methyl sites for hydroxylation is 2. The molecule has 0 saturated heterocycles. The quantitative estimate of drug-likeness (QED) is 0.564. The summed E-state index contributed by atoms with van der Waals surface area (Å²) < 4.78 is 4.07. The lowest BCUT2D eigenvalue weighted by atomic mass is 10.2. The number of fused-ring (bicyclic) bond motifs is 1. The van der Waals surface area contributed by atoms with Gasteiger partial charge in [-0.25, -0.2) is 9.97 Å². The number of nitrogens with zero attached hydrogens (tertiary/aromatic N) is 6. The number of rotatable bonds is 2. The molecule has 0 amide bonds. The van der Waals surface area contributed by atoms with Crippen LogP contribution in [0.15, 0.2) is 47.7 Å². The van der Waals surface area contributed by atoms with E-state index in [4.69, 9.17) is 5.26 Å². The van der Waals surface area contributed by atoms with E-state index in [0.717, 1.165) is 22.7 Å². The zero-order valence-electron chi connectivity index (χ0n) is 13.4. The molecule has 3 heterocycles. The van der Waals surface area contributed by atoms with Crippen LogP contribution < -0.4 is 0 Å². The maximum absolute atomic E-state index is 8.95. The Labute approximate surface area is 143 Å². The van der Waals surface area contributed by atoms with Gasteiger partial charge in [0.25, 0.3) is 0 Å². The molecule has 6 nitrogen and oxygen atoms in total. The van der Waals surface area contributed by atoms with Crippen molar-refractivity contribution in [2.75, 3.05) is 0 Å². The summed E-state index contributed by atoms with van der Waals surface area (Å²) in [6, 6.07) is 7.70. The van der Waals surface area contributed by atoms with Crippen molar-refractivity contribution in [3.05, 3.63) is 64.9 Å². The number of hydrogen-bond donors (Lipinski definition) is 0. The van der Waals surface area contributed by atoms with Gasteiger partial charge < -0.3 is 9.13 Å². The molecule has 0 atom stereocenters. The molecule has 0 spiro atoms. The van der Waals surface area contributed by atoms with Gasteiger partial charge in [0.2, 0.25) is 0 Å². The van der Waals surface area contributed by atoms with Crippen molar-refractivity contribution in [1.82, 2.24) is 24.1 Å². The molecule has 0 saturated carbocycles. The summed E-state index contributed by atoms with van der Waals surface area (Å²) in [7, 11) is 1.97. The Morgan fingerprint density at radius 1 is 1.29 bits per heavy atom. The molecule has 0 aliphatic rings.